The van der Waals surface area contributed by atoms with E-state index in [4.69, 9.17) is 33.1 Å². The van der Waals surface area contributed by atoms with Crippen molar-refractivity contribution in [1.82, 2.24) is 19.4 Å². The monoisotopic (exact) mass is 567 g/mol. The van der Waals surface area contributed by atoms with E-state index in [1.54, 1.807) is 39.2 Å². The van der Waals surface area contributed by atoms with Gasteiger partial charge in [-0.25, -0.2) is 14.2 Å². The van der Waals surface area contributed by atoms with Gasteiger partial charge in [0, 0.05) is 48.4 Å². The van der Waals surface area contributed by atoms with Crippen molar-refractivity contribution in [2.24, 2.45) is 0 Å². The molecule has 0 radical (unpaired) electrons. The summed E-state index contributed by atoms with van der Waals surface area (Å²) in [5.41, 5.74) is 0.426. The Morgan fingerprint density at radius 1 is 1.05 bits per heavy atom. The number of hydrogen-bond acceptors (Lipinski definition) is 6. The standard InChI is InChI=1S/C26H26Cl2F3N5O2/c1-25(2,3)38-24(37)36(28)18-9-12-35(13-10-18)21-15-33-22(16-4-6-17(7-5-16)26(29,30)31)23(34-21)19-8-11-32-14-20(19)27/h4-8,11,14-15,18H,9-10,12-13H2,1-3H3. The number of piperidine rings is 1. The Kier molecular flexibility index (Phi) is 8.04. The van der Waals surface area contributed by atoms with Gasteiger partial charge in [0.2, 0.25) is 0 Å². The van der Waals surface area contributed by atoms with Gasteiger partial charge in [-0.2, -0.15) is 13.2 Å². The molecule has 7 nitrogen and oxygen atoms in total. The largest absolute Gasteiger partial charge is 0.443 e. The predicted molar refractivity (Wildman–Crippen MR) is 140 cm³/mol. The smallest absolute Gasteiger partial charge is 0.425 e. The molecule has 1 aromatic carbocycles. The van der Waals surface area contributed by atoms with E-state index in [1.807, 2.05) is 4.90 Å². The van der Waals surface area contributed by atoms with Gasteiger partial charge >= 0.3 is 12.3 Å². The maximum atomic E-state index is 13.1. The van der Waals surface area contributed by atoms with E-state index in [-0.39, 0.29) is 6.04 Å². The van der Waals surface area contributed by atoms with Crippen molar-refractivity contribution in [2.45, 2.75) is 51.4 Å². The third-order valence-corrected chi connectivity index (χ3v) is 6.67. The van der Waals surface area contributed by atoms with Crippen molar-refractivity contribution in [3.05, 3.63) is 59.5 Å². The molecule has 38 heavy (non-hydrogen) atoms. The van der Waals surface area contributed by atoms with Gasteiger partial charge in [0.15, 0.2) is 0 Å². The van der Waals surface area contributed by atoms with Crippen LogP contribution in [-0.2, 0) is 10.9 Å². The third-order valence-electron chi connectivity index (χ3n) is 5.95. The highest BCUT2D eigenvalue weighted by atomic mass is 35.5. The zero-order valence-corrected chi connectivity index (χ0v) is 22.5. The van der Waals surface area contributed by atoms with E-state index in [1.165, 1.54) is 18.3 Å². The number of carbonyl (C=O) groups is 1. The summed E-state index contributed by atoms with van der Waals surface area (Å²) in [5.74, 6) is 0.570. The topological polar surface area (TPSA) is 71.5 Å². The molecular weight excluding hydrogens is 542 g/mol. The second-order valence-electron chi connectivity index (χ2n) is 9.87. The molecule has 12 heteroatoms. The molecule has 0 N–H and O–H groups in total. The van der Waals surface area contributed by atoms with Gasteiger partial charge in [-0.1, -0.05) is 23.7 Å². The van der Waals surface area contributed by atoms with Crippen LogP contribution in [0.5, 0.6) is 0 Å². The van der Waals surface area contributed by atoms with E-state index in [9.17, 15) is 18.0 Å². The number of hydrogen-bond donors (Lipinski definition) is 0. The normalized spacial score (nSPS) is 14.9. The first kappa shape index (κ1) is 27.9. The van der Waals surface area contributed by atoms with Crippen LogP contribution in [0, 0.1) is 0 Å². The minimum Gasteiger partial charge on any atom is -0.443 e. The fourth-order valence-electron chi connectivity index (χ4n) is 4.09. The summed E-state index contributed by atoms with van der Waals surface area (Å²) in [4.78, 5) is 27.8. The Bertz CT molecular complexity index is 1290. The Balaban J connectivity index is 1.60. The lowest BCUT2D eigenvalue weighted by molar-refractivity contribution is -0.137. The van der Waals surface area contributed by atoms with Crippen LogP contribution >= 0.6 is 23.4 Å². The summed E-state index contributed by atoms with van der Waals surface area (Å²) in [6.07, 6.45) is 0.736. The molecule has 3 aromatic rings. The molecule has 1 aliphatic rings. The number of carbonyl (C=O) groups excluding carboxylic acids is 1. The molecule has 1 aliphatic heterocycles. The number of rotatable bonds is 4. The summed E-state index contributed by atoms with van der Waals surface area (Å²) in [6, 6.07) is 6.22. The number of nitrogens with zero attached hydrogens (tertiary/aromatic N) is 5. The average molecular weight is 568 g/mol. The number of halogens is 5. The van der Waals surface area contributed by atoms with Gasteiger partial charge in [-0.3, -0.25) is 9.97 Å². The Morgan fingerprint density at radius 3 is 2.29 bits per heavy atom. The molecule has 0 saturated carbocycles. The molecule has 1 amide bonds. The van der Waals surface area contributed by atoms with E-state index >= 15 is 0 Å². The number of amides is 1. The van der Waals surface area contributed by atoms with Crippen LogP contribution in [0.25, 0.3) is 22.5 Å². The van der Waals surface area contributed by atoms with Crippen LogP contribution in [0.15, 0.2) is 48.9 Å². The minimum absolute atomic E-state index is 0.212. The van der Waals surface area contributed by atoms with Crippen molar-refractivity contribution >= 4 is 35.3 Å². The lowest BCUT2D eigenvalue weighted by atomic mass is 10.0. The Morgan fingerprint density at radius 2 is 1.71 bits per heavy atom. The molecule has 1 saturated heterocycles. The van der Waals surface area contributed by atoms with E-state index < -0.39 is 23.4 Å². The van der Waals surface area contributed by atoms with Gasteiger partial charge in [0.05, 0.1) is 28.5 Å². The summed E-state index contributed by atoms with van der Waals surface area (Å²) in [7, 11) is 0. The van der Waals surface area contributed by atoms with Gasteiger partial charge in [0.1, 0.15) is 17.1 Å². The molecule has 202 valence electrons. The maximum Gasteiger partial charge on any atom is 0.425 e. The fourth-order valence-corrected chi connectivity index (χ4v) is 4.53. The highest BCUT2D eigenvalue weighted by molar-refractivity contribution is 6.33. The number of anilines is 1. The van der Waals surface area contributed by atoms with E-state index in [2.05, 4.69) is 9.97 Å². The number of ether oxygens (including phenoxy) is 1. The van der Waals surface area contributed by atoms with E-state index in [0.29, 0.717) is 59.3 Å². The van der Waals surface area contributed by atoms with Crippen LogP contribution in [0.1, 0.15) is 39.2 Å². The van der Waals surface area contributed by atoms with Crippen molar-refractivity contribution in [3.8, 4) is 22.5 Å². The highest BCUT2D eigenvalue weighted by Crippen LogP contribution is 2.36. The van der Waals surface area contributed by atoms with Gasteiger partial charge in [-0.05, 0) is 51.8 Å². The summed E-state index contributed by atoms with van der Waals surface area (Å²) in [5, 5.41) is 0.334. The molecule has 0 atom stereocenters. The van der Waals surface area contributed by atoms with Crippen LogP contribution in [-0.4, -0.2) is 50.2 Å². The van der Waals surface area contributed by atoms with Crippen molar-refractivity contribution < 1.29 is 22.7 Å². The first-order valence-electron chi connectivity index (χ1n) is 11.9. The first-order valence-corrected chi connectivity index (χ1v) is 12.6. The highest BCUT2D eigenvalue weighted by Gasteiger charge is 2.32. The number of alkyl halides is 3. The molecule has 3 heterocycles. The molecule has 2 aromatic heterocycles. The quantitative estimate of drug-likeness (QED) is 0.309. The first-order chi connectivity index (χ1) is 17.8. The minimum atomic E-state index is -4.44. The number of aromatic nitrogens is 3. The molecule has 0 aliphatic carbocycles. The second kappa shape index (κ2) is 10.9. The van der Waals surface area contributed by atoms with Gasteiger partial charge < -0.3 is 9.64 Å². The SMILES string of the molecule is CC(C)(C)OC(=O)N(Cl)C1CCN(c2cnc(-c3ccc(C(F)(F)F)cc3)c(-c3ccncc3Cl)n2)CC1. The lowest BCUT2D eigenvalue weighted by Crippen LogP contribution is -2.45. The van der Waals surface area contributed by atoms with Crippen LogP contribution < -0.4 is 4.90 Å². The van der Waals surface area contributed by atoms with Crippen LogP contribution in [0.2, 0.25) is 5.02 Å². The molecule has 4 rings (SSSR count). The fraction of sp³-hybridized carbons (Fsp3) is 0.385. The Labute approximate surface area is 228 Å². The van der Waals surface area contributed by atoms with Crippen LogP contribution in [0.3, 0.4) is 0 Å². The number of benzene rings is 1. The summed E-state index contributed by atoms with van der Waals surface area (Å²) in [6.45, 7) is 6.43. The van der Waals surface area contributed by atoms with Crippen molar-refractivity contribution in [3.63, 3.8) is 0 Å². The van der Waals surface area contributed by atoms with Crippen LogP contribution in [0.4, 0.5) is 23.8 Å². The zero-order chi connectivity index (χ0) is 27.7. The molecular formula is C26H26Cl2F3N5O2. The summed E-state index contributed by atoms with van der Waals surface area (Å²) < 4.78 is 45.7. The Hall–Kier alpha value is -3.11. The van der Waals surface area contributed by atoms with Crippen molar-refractivity contribution in [1.29, 1.82) is 0 Å². The molecule has 0 spiro atoms. The zero-order valence-electron chi connectivity index (χ0n) is 21.0. The van der Waals surface area contributed by atoms with Crippen molar-refractivity contribution in [2.75, 3.05) is 18.0 Å². The molecule has 0 bridgehead atoms. The average Bonchev–Trinajstić information content (AvgIpc) is 2.87. The predicted octanol–water partition coefficient (Wildman–Crippen LogP) is 7.24. The second-order valence-corrected chi connectivity index (χ2v) is 10.6. The lowest BCUT2D eigenvalue weighted by Gasteiger charge is -2.36. The van der Waals surface area contributed by atoms with Gasteiger partial charge in [-0.15, -0.1) is 0 Å². The van der Waals surface area contributed by atoms with E-state index in [0.717, 1.165) is 16.6 Å². The third kappa shape index (κ3) is 6.47. The molecule has 1 fully saturated rings. The summed E-state index contributed by atoms with van der Waals surface area (Å²) >= 11 is 12.7. The maximum absolute atomic E-state index is 13.1. The molecule has 0 unspecified atom stereocenters. The number of pyridine rings is 1. The van der Waals surface area contributed by atoms with Gasteiger partial charge in [0.25, 0.3) is 0 Å².